The summed E-state index contributed by atoms with van der Waals surface area (Å²) in [5, 5.41) is 6.39. The van der Waals surface area contributed by atoms with Crippen molar-refractivity contribution in [2.45, 2.75) is 50.5 Å². The molecule has 2 fully saturated rings. The zero-order chi connectivity index (χ0) is 26.0. The molecule has 1 aromatic heterocycles. The number of hydrogen-bond acceptors (Lipinski definition) is 6. The maximum Gasteiger partial charge on any atom is 0.287 e. The summed E-state index contributed by atoms with van der Waals surface area (Å²) in [6, 6.07) is 11.4. The van der Waals surface area contributed by atoms with Crippen LogP contribution < -0.4 is 15.5 Å². The molecule has 1 saturated heterocycles. The Kier molecular flexibility index (Phi) is 6.78. The molecule has 1 aliphatic carbocycles. The average Bonchev–Trinajstić information content (AvgIpc) is 3.33. The average molecular weight is 506 g/mol. The summed E-state index contributed by atoms with van der Waals surface area (Å²) in [5.74, 6) is -1.58. The van der Waals surface area contributed by atoms with E-state index in [0.717, 1.165) is 30.7 Å². The van der Waals surface area contributed by atoms with E-state index in [1.807, 2.05) is 18.2 Å². The minimum atomic E-state index is -1.20. The Labute approximate surface area is 213 Å². The van der Waals surface area contributed by atoms with Gasteiger partial charge in [0.05, 0.1) is 12.2 Å². The molecule has 3 aromatic rings. The molecule has 37 heavy (non-hydrogen) atoms. The zero-order valence-electron chi connectivity index (χ0n) is 20.3. The van der Waals surface area contributed by atoms with Crippen molar-refractivity contribution >= 4 is 46.2 Å². The number of Topliss-reactive ketones (excluding diaryl/α,β-unsaturated/α-hetero) is 1. The number of carbonyl (C=O) groups excluding carboxylic acids is 4. The molecule has 192 valence electrons. The van der Waals surface area contributed by atoms with Crippen molar-refractivity contribution in [1.82, 2.24) is 5.32 Å². The van der Waals surface area contributed by atoms with E-state index in [2.05, 4.69) is 10.6 Å². The van der Waals surface area contributed by atoms with Crippen molar-refractivity contribution in [1.29, 1.82) is 0 Å². The number of carbonyl (C=O) groups is 4. The number of nitrogens with zero attached hydrogens (tertiary/aromatic N) is 1. The number of ketones is 1. The van der Waals surface area contributed by atoms with Gasteiger partial charge in [-0.15, -0.1) is 0 Å². The van der Waals surface area contributed by atoms with Gasteiger partial charge in [0, 0.05) is 29.6 Å². The Morgan fingerprint density at radius 2 is 1.84 bits per heavy atom. The van der Waals surface area contributed by atoms with Crippen LogP contribution in [0, 0.1) is 5.82 Å². The highest BCUT2D eigenvalue weighted by Crippen LogP contribution is 2.33. The minimum absolute atomic E-state index is 0.0145. The molecule has 8 nitrogen and oxygen atoms in total. The highest BCUT2D eigenvalue weighted by molar-refractivity contribution is 6.04. The van der Waals surface area contributed by atoms with E-state index in [0.29, 0.717) is 44.1 Å². The highest BCUT2D eigenvalue weighted by Gasteiger charge is 2.41. The molecule has 0 bridgehead atoms. The van der Waals surface area contributed by atoms with Crippen LogP contribution in [-0.2, 0) is 9.59 Å². The van der Waals surface area contributed by atoms with Crippen LogP contribution in [0.5, 0.6) is 0 Å². The molecule has 0 spiro atoms. The summed E-state index contributed by atoms with van der Waals surface area (Å²) in [7, 11) is 0. The van der Waals surface area contributed by atoms with Crippen LogP contribution in [0.4, 0.5) is 15.8 Å². The smallest absolute Gasteiger partial charge is 0.287 e. The van der Waals surface area contributed by atoms with Gasteiger partial charge in [0.25, 0.3) is 5.91 Å². The molecule has 0 atom stereocenters. The molecule has 2 amide bonds. The van der Waals surface area contributed by atoms with Crippen LogP contribution in [-0.4, -0.2) is 42.5 Å². The molecule has 1 aliphatic heterocycles. The first-order valence-electron chi connectivity index (χ1n) is 12.6. The van der Waals surface area contributed by atoms with Gasteiger partial charge in [-0.05, 0) is 43.5 Å². The van der Waals surface area contributed by atoms with Gasteiger partial charge in [-0.1, -0.05) is 37.5 Å². The SMILES string of the molecule is O=Cc1cc(NC(=O)C2(NC(=O)c3cc4ccccc4o3)CCCCC2)cc(F)c1N1CCCC(=O)C1. The van der Waals surface area contributed by atoms with Gasteiger partial charge < -0.3 is 20.0 Å². The third-order valence-electron chi connectivity index (χ3n) is 7.19. The van der Waals surface area contributed by atoms with Crippen molar-refractivity contribution in [3.05, 3.63) is 59.6 Å². The number of anilines is 2. The van der Waals surface area contributed by atoms with E-state index in [9.17, 15) is 19.2 Å². The Hall–Kier alpha value is -4.01. The molecule has 2 aliphatic rings. The van der Waals surface area contributed by atoms with Gasteiger partial charge in [0.15, 0.2) is 17.8 Å². The summed E-state index contributed by atoms with van der Waals surface area (Å²) in [6.45, 7) is 0.506. The molecular formula is C28H28FN3O5. The van der Waals surface area contributed by atoms with Gasteiger partial charge in [0.1, 0.15) is 16.9 Å². The number of aldehydes is 1. The fourth-order valence-corrected chi connectivity index (χ4v) is 5.33. The fourth-order valence-electron chi connectivity index (χ4n) is 5.33. The Balaban J connectivity index is 1.39. The van der Waals surface area contributed by atoms with Crippen molar-refractivity contribution in [2.75, 3.05) is 23.3 Å². The first-order chi connectivity index (χ1) is 17.9. The van der Waals surface area contributed by atoms with Crippen molar-refractivity contribution in [3.8, 4) is 0 Å². The number of fused-ring (bicyclic) bond motifs is 1. The number of rotatable bonds is 6. The van der Waals surface area contributed by atoms with Crippen LogP contribution >= 0.6 is 0 Å². The van der Waals surface area contributed by atoms with Crippen LogP contribution in [0.2, 0.25) is 0 Å². The quantitative estimate of drug-likeness (QED) is 0.473. The second kappa shape index (κ2) is 10.2. The molecule has 2 heterocycles. The van der Waals surface area contributed by atoms with Crippen molar-refractivity contribution in [2.24, 2.45) is 0 Å². The molecule has 5 rings (SSSR count). The lowest BCUT2D eigenvalue weighted by Gasteiger charge is -2.36. The number of furan rings is 1. The van der Waals surface area contributed by atoms with E-state index < -0.39 is 23.2 Å². The molecule has 2 aromatic carbocycles. The van der Waals surface area contributed by atoms with Crippen molar-refractivity contribution in [3.63, 3.8) is 0 Å². The number of hydrogen-bond donors (Lipinski definition) is 2. The van der Waals surface area contributed by atoms with Crippen molar-refractivity contribution < 1.29 is 28.0 Å². The molecule has 1 saturated carbocycles. The Morgan fingerprint density at radius 3 is 2.57 bits per heavy atom. The second-order valence-electron chi connectivity index (χ2n) is 9.78. The van der Waals surface area contributed by atoms with Crippen LogP contribution in [0.25, 0.3) is 11.0 Å². The summed E-state index contributed by atoms with van der Waals surface area (Å²) in [5.41, 5.74) is -0.410. The largest absolute Gasteiger partial charge is 0.451 e. The maximum atomic E-state index is 15.2. The van der Waals surface area contributed by atoms with E-state index >= 15 is 4.39 Å². The van der Waals surface area contributed by atoms with Crippen LogP contribution in [0.15, 0.2) is 46.9 Å². The van der Waals surface area contributed by atoms with E-state index in [-0.39, 0.29) is 35.0 Å². The second-order valence-corrected chi connectivity index (χ2v) is 9.78. The molecular weight excluding hydrogens is 477 g/mol. The summed E-state index contributed by atoms with van der Waals surface area (Å²) in [4.78, 5) is 51.9. The molecule has 0 unspecified atom stereocenters. The number of benzene rings is 2. The van der Waals surface area contributed by atoms with Gasteiger partial charge in [-0.25, -0.2) is 4.39 Å². The fraction of sp³-hybridized carbons (Fsp3) is 0.357. The standard InChI is InChI=1S/C28H28FN3O5/c29-22-15-20(13-19(17-33)25(22)32-12-6-8-21(34)16-32)30-27(36)28(10-4-1-5-11-28)31-26(35)24-14-18-7-2-3-9-23(18)37-24/h2-3,7,9,13-15,17H,1,4-6,8,10-12,16H2,(H,30,36)(H,31,35). The predicted octanol–water partition coefficient (Wildman–Crippen LogP) is 4.63. The topological polar surface area (TPSA) is 109 Å². The number of para-hydroxylation sites is 1. The normalized spacial score (nSPS) is 17.4. The molecule has 2 N–H and O–H groups in total. The Bertz CT molecular complexity index is 1340. The lowest BCUT2D eigenvalue weighted by atomic mass is 9.80. The summed E-state index contributed by atoms with van der Waals surface area (Å²) < 4.78 is 20.9. The third kappa shape index (κ3) is 4.98. The van der Waals surface area contributed by atoms with Gasteiger partial charge >= 0.3 is 0 Å². The predicted molar refractivity (Wildman–Crippen MR) is 136 cm³/mol. The number of halogens is 1. The van der Waals surface area contributed by atoms with E-state index in [1.54, 1.807) is 17.0 Å². The van der Waals surface area contributed by atoms with E-state index in [1.165, 1.54) is 6.07 Å². The first-order valence-corrected chi connectivity index (χ1v) is 12.6. The third-order valence-corrected chi connectivity index (χ3v) is 7.19. The monoisotopic (exact) mass is 505 g/mol. The lowest BCUT2D eigenvalue weighted by Crippen LogP contribution is -2.57. The minimum Gasteiger partial charge on any atom is -0.451 e. The summed E-state index contributed by atoms with van der Waals surface area (Å²) in [6.07, 6.45) is 4.79. The number of nitrogens with one attached hydrogen (secondary N) is 2. The lowest BCUT2D eigenvalue weighted by molar-refractivity contribution is -0.123. The van der Waals surface area contributed by atoms with Gasteiger partial charge in [-0.3, -0.25) is 19.2 Å². The van der Waals surface area contributed by atoms with Crippen LogP contribution in [0.3, 0.4) is 0 Å². The maximum absolute atomic E-state index is 15.2. The van der Waals surface area contributed by atoms with Gasteiger partial charge in [0.2, 0.25) is 5.91 Å². The first kappa shape index (κ1) is 24.7. The molecule has 0 radical (unpaired) electrons. The number of piperidine rings is 1. The number of amides is 2. The van der Waals surface area contributed by atoms with Gasteiger partial charge in [-0.2, -0.15) is 0 Å². The zero-order valence-corrected chi connectivity index (χ0v) is 20.3. The Morgan fingerprint density at radius 1 is 1.05 bits per heavy atom. The van der Waals surface area contributed by atoms with Crippen LogP contribution in [0.1, 0.15) is 65.9 Å². The molecule has 9 heteroatoms. The highest BCUT2D eigenvalue weighted by atomic mass is 19.1. The summed E-state index contributed by atoms with van der Waals surface area (Å²) >= 11 is 0. The van der Waals surface area contributed by atoms with E-state index in [4.69, 9.17) is 4.42 Å².